The summed E-state index contributed by atoms with van der Waals surface area (Å²) in [6.45, 7) is 3.87. The van der Waals surface area contributed by atoms with Gasteiger partial charge in [0.15, 0.2) is 5.41 Å². The van der Waals surface area contributed by atoms with Crippen LogP contribution in [-0.4, -0.2) is 6.10 Å². The Hall–Kier alpha value is -2.75. The summed E-state index contributed by atoms with van der Waals surface area (Å²) in [6, 6.07) is 12.1. The minimum absolute atomic E-state index is 0.0462. The molecule has 28 heavy (non-hydrogen) atoms. The van der Waals surface area contributed by atoms with Gasteiger partial charge in [0.1, 0.15) is 11.8 Å². The number of halogens is 1. The van der Waals surface area contributed by atoms with Gasteiger partial charge in [-0.3, -0.25) is 0 Å². The highest BCUT2D eigenvalue weighted by atomic mass is 79.9. The fraction of sp³-hybridized carbons (Fsp3) is 0.409. The number of nitriles is 3. The fourth-order valence-electron chi connectivity index (χ4n) is 4.34. The molecule has 2 unspecified atom stereocenters. The lowest BCUT2D eigenvalue weighted by molar-refractivity contribution is 0.230. The molecule has 0 saturated heterocycles. The Morgan fingerprint density at radius 3 is 2.57 bits per heavy atom. The molecular weight excluding hydrogens is 416 g/mol. The summed E-state index contributed by atoms with van der Waals surface area (Å²) in [5, 5.41) is 30.0. The number of ether oxygens (including phenoxy) is 1. The average Bonchev–Trinajstić information content (AvgIpc) is 2.68. The maximum absolute atomic E-state index is 10.1. The third-order valence-corrected chi connectivity index (χ3v) is 5.96. The number of nitrogens with zero attached hydrogens (tertiary/aromatic N) is 3. The van der Waals surface area contributed by atoms with E-state index < -0.39 is 11.3 Å². The summed E-state index contributed by atoms with van der Waals surface area (Å²) < 4.78 is 6.85. The van der Waals surface area contributed by atoms with E-state index in [9.17, 15) is 15.8 Å². The Morgan fingerprint density at radius 1 is 1.25 bits per heavy atom. The van der Waals surface area contributed by atoms with E-state index in [1.807, 2.05) is 38.1 Å². The Balaban J connectivity index is 2.35. The van der Waals surface area contributed by atoms with Crippen LogP contribution in [0.5, 0.6) is 5.75 Å². The number of hydrogen-bond acceptors (Lipinski definition) is 5. The first kappa shape index (κ1) is 20.0. The fourth-order valence-corrected chi connectivity index (χ4v) is 4.72. The van der Waals surface area contributed by atoms with Gasteiger partial charge in [-0.25, -0.2) is 0 Å². The minimum Gasteiger partial charge on any atom is -0.491 e. The smallest absolute Gasteiger partial charge is 0.191 e. The Bertz CT molecular complexity index is 973. The number of hydrogen-bond donors (Lipinski definition) is 1. The summed E-state index contributed by atoms with van der Waals surface area (Å²) in [4.78, 5) is 0. The van der Waals surface area contributed by atoms with E-state index >= 15 is 0 Å². The van der Waals surface area contributed by atoms with Crippen LogP contribution in [0, 0.1) is 45.3 Å². The van der Waals surface area contributed by atoms with E-state index in [4.69, 9.17) is 10.5 Å². The van der Waals surface area contributed by atoms with Gasteiger partial charge >= 0.3 is 0 Å². The van der Waals surface area contributed by atoms with Crippen LogP contribution in [0.4, 0.5) is 0 Å². The molecule has 2 aliphatic carbocycles. The number of fused-ring (bicyclic) bond motifs is 1. The Labute approximate surface area is 173 Å². The lowest BCUT2D eigenvalue weighted by Crippen LogP contribution is -2.42. The molecule has 2 aliphatic rings. The van der Waals surface area contributed by atoms with Crippen molar-refractivity contribution in [2.45, 2.75) is 45.1 Å². The molecule has 0 aliphatic heterocycles. The third-order valence-electron chi connectivity index (χ3n) is 5.47. The normalized spacial score (nSPS) is 23.1. The predicted octanol–water partition coefficient (Wildman–Crippen LogP) is 4.83. The summed E-state index contributed by atoms with van der Waals surface area (Å²) >= 11 is 3.51. The lowest BCUT2D eigenvalue weighted by Gasteiger charge is -2.43. The molecule has 2 atom stereocenters. The molecule has 3 rings (SSSR count). The summed E-state index contributed by atoms with van der Waals surface area (Å²) in [5.74, 6) is -0.0209. The van der Waals surface area contributed by atoms with Crippen LogP contribution in [0.25, 0.3) is 0 Å². The number of allylic oxidation sites excluding steroid dienone is 4. The van der Waals surface area contributed by atoms with Gasteiger partial charge in [-0.15, -0.1) is 0 Å². The van der Waals surface area contributed by atoms with Crippen LogP contribution in [0.15, 0.2) is 45.6 Å². The van der Waals surface area contributed by atoms with Crippen LogP contribution >= 0.6 is 15.9 Å². The van der Waals surface area contributed by atoms with Crippen LogP contribution < -0.4 is 10.5 Å². The largest absolute Gasteiger partial charge is 0.491 e. The Morgan fingerprint density at radius 2 is 1.96 bits per heavy atom. The first-order valence-electron chi connectivity index (χ1n) is 9.29. The number of nitrogens with two attached hydrogens (primary N) is 1. The highest BCUT2D eigenvalue weighted by Gasteiger charge is 2.54. The average molecular weight is 437 g/mol. The van der Waals surface area contributed by atoms with E-state index in [2.05, 4.69) is 34.1 Å². The highest BCUT2D eigenvalue weighted by molar-refractivity contribution is 9.10. The van der Waals surface area contributed by atoms with Crippen molar-refractivity contribution in [2.75, 3.05) is 0 Å². The van der Waals surface area contributed by atoms with Crippen molar-refractivity contribution in [3.8, 4) is 24.0 Å². The van der Waals surface area contributed by atoms with Crippen LogP contribution in [0.2, 0.25) is 0 Å². The van der Waals surface area contributed by atoms with Crippen molar-refractivity contribution in [1.82, 2.24) is 0 Å². The predicted molar refractivity (Wildman–Crippen MR) is 109 cm³/mol. The van der Waals surface area contributed by atoms with Gasteiger partial charge in [0.25, 0.3) is 0 Å². The summed E-state index contributed by atoms with van der Waals surface area (Å²) in [7, 11) is 0. The van der Waals surface area contributed by atoms with Crippen LogP contribution in [-0.2, 0) is 0 Å². The van der Waals surface area contributed by atoms with Crippen molar-refractivity contribution in [3.05, 3.63) is 51.2 Å². The second kappa shape index (κ2) is 7.70. The van der Waals surface area contributed by atoms with Gasteiger partial charge in [0.05, 0.1) is 29.5 Å². The first-order chi connectivity index (χ1) is 13.4. The minimum atomic E-state index is -1.62. The maximum Gasteiger partial charge on any atom is 0.191 e. The van der Waals surface area contributed by atoms with Gasteiger partial charge in [-0.05, 0) is 62.8 Å². The molecule has 1 aromatic carbocycles. The molecule has 6 heteroatoms. The SMILES string of the molecule is CC(C)Oc1ccc(Br)cc1C1C2CCCC=C2C(C#N)=C(N)C1(C#N)C#N. The lowest BCUT2D eigenvalue weighted by atomic mass is 9.56. The zero-order valence-corrected chi connectivity index (χ0v) is 17.5. The first-order valence-corrected chi connectivity index (χ1v) is 10.1. The molecule has 0 heterocycles. The van der Waals surface area contributed by atoms with Crippen molar-refractivity contribution in [1.29, 1.82) is 15.8 Å². The maximum atomic E-state index is 10.1. The van der Waals surface area contributed by atoms with Crippen molar-refractivity contribution in [3.63, 3.8) is 0 Å². The monoisotopic (exact) mass is 436 g/mol. The number of rotatable bonds is 3. The molecule has 0 radical (unpaired) electrons. The quantitative estimate of drug-likeness (QED) is 0.729. The molecule has 142 valence electrons. The van der Waals surface area contributed by atoms with E-state index in [0.717, 1.165) is 34.9 Å². The second-order valence-electron chi connectivity index (χ2n) is 7.46. The van der Waals surface area contributed by atoms with Gasteiger partial charge in [0, 0.05) is 16.0 Å². The third kappa shape index (κ3) is 3.07. The van der Waals surface area contributed by atoms with E-state index in [1.54, 1.807) is 0 Å². The van der Waals surface area contributed by atoms with Crippen molar-refractivity contribution in [2.24, 2.45) is 17.1 Å². The molecule has 0 spiro atoms. The van der Waals surface area contributed by atoms with Crippen molar-refractivity contribution >= 4 is 15.9 Å². The molecule has 0 saturated carbocycles. The van der Waals surface area contributed by atoms with Gasteiger partial charge in [0.2, 0.25) is 0 Å². The van der Waals surface area contributed by atoms with Crippen molar-refractivity contribution < 1.29 is 4.74 Å². The molecular formula is C22H21BrN4O. The molecule has 5 nitrogen and oxygen atoms in total. The van der Waals surface area contributed by atoms with Gasteiger partial charge in [-0.2, -0.15) is 15.8 Å². The Kier molecular flexibility index (Phi) is 5.50. The molecule has 0 amide bonds. The molecule has 0 fully saturated rings. The topological polar surface area (TPSA) is 107 Å². The van der Waals surface area contributed by atoms with E-state index in [1.165, 1.54) is 0 Å². The zero-order chi connectivity index (χ0) is 20.5. The number of benzene rings is 1. The standard InChI is InChI=1S/C22H21BrN4O/c1-13(2)28-19-8-7-14(23)9-17(19)20-16-6-4-3-5-15(16)18(10-24)21(27)22(20,11-25)12-26/h5,7-9,13,16,20H,3-4,6,27H2,1-2H3. The van der Waals surface area contributed by atoms with E-state index in [-0.39, 0.29) is 23.3 Å². The second-order valence-corrected chi connectivity index (χ2v) is 8.37. The highest BCUT2D eigenvalue weighted by Crippen LogP contribution is 2.57. The zero-order valence-electron chi connectivity index (χ0n) is 15.9. The molecule has 1 aromatic rings. The molecule has 2 N–H and O–H groups in total. The summed E-state index contributed by atoms with van der Waals surface area (Å²) in [6.07, 6.45) is 4.55. The van der Waals surface area contributed by atoms with E-state index in [0.29, 0.717) is 5.75 Å². The molecule has 0 bridgehead atoms. The van der Waals surface area contributed by atoms with Gasteiger partial charge in [-0.1, -0.05) is 22.0 Å². The van der Waals surface area contributed by atoms with Crippen LogP contribution in [0.1, 0.15) is 44.6 Å². The summed E-state index contributed by atoms with van der Waals surface area (Å²) in [5.41, 5.74) is 6.66. The van der Waals surface area contributed by atoms with Gasteiger partial charge < -0.3 is 10.5 Å². The molecule has 0 aromatic heterocycles. The van der Waals surface area contributed by atoms with Crippen LogP contribution in [0.3, 0.4) is 0 Å².